The lowest BCUT2D eigenvalue weighted by atomic mass is 10.1. The fraction of sp³-hybridized carbons (Fsp3) is 0.190. The lowest BCUT2D eigenvalue weighted by molar-refractivity contribution is -0.148. The molecule has 1 aromatic heterocycles. The Hall–Kier alpha value is -2.92. The van der Waals surface area contributed by atoms with Gasteiger partial charge in [0.2, 0.25) is 0 Å². The lowest BCUT2D eigenvalue weighted by Crippen LogP contribution is -2.31. The molecule has 0 aliphatic carbocycles. The number of carbonyl (C=O) groups excluding carboxylic acids is 2. The summed E-state index contributed by atoms with van der Waals surface area (Å²) >= 11 is 5.86. The van der Waals surface area contributed by atoms with Gasteiger partial charge in [0, 0.05) is 16.6 Å². The van der Waals surface area contributed by atoms with Crippen LogP contribution in [0.25, 0.3) is 10.9 Å². The Kier molecular flexibility index (Phi) is 6.04. The van der Waals surface area contributed by atoms with Crippen molar-refractivity contribution in [2.75, 3.05) is 6.61 Å². The minimum absolute atomic E-state index is 0.0639. The predicted molar refractivity (Wildman–Crippen MR) is 104 cm³/mol. The van der Waals surface area contributed by atoms with Crippen molar-refractivity contribution < 1.29 is 14.3 Å². The molecule has 1 unspecified atom stereocenters. The van der Waals surface area contributed by atoms with Crippen molar-refractivity contribution in [3.8, 4) is 0 Å². The second-order valence-corrected chi connectivity index (χ2v) is 6.61. The summed E-state index contributed by atoms with van der Waals surface area (Å²) in [6, 6.07) is 16.4. The molecule has 0 radical (unpaired) electrons. The Labute approximate surface area is 162 Å². The lowest BCUT2D eigenvalue weighted by Gasteiger charge is -2.14. The molecule has 2 aromatic carbocycles. The monoisotopic (exact) mass is 382 g/mol. The van der Waals surface area contributed by atoms with Gasteiger partial charge >= 0.3 is 5.97 Å². The van der Waals surface area contributed by atoms with Crippen LogP contribution in [0.2, 0.25) is 5.02 Å². The van der Waals surface area contributed by atoms with Crippen LogP contribution in [0.5, 0.6) is 0 Å². The standard InChI is InChI=1S/C21H19ClN2O3/c1-14(15-7-9-18(22)10-8-15)24-19(25)13-27-20(26)12-17-5-2-4-16-6-3-11-23-21(16)17/h2-11,14H,12-13H2,1H3,(H,24,25). The number of hydrogen-bond donors (Lipinski definition) is 1. The number of nitrogens with zero attached hydrogens (tertiary/aromatic N) is 1. The van der Waals surface area contributed by atoms with E-state index in [1.165, 1.54) is 0 Å². The minimum atomic E-state index is -0.470. The molecule has 1 atom stereocenters. The van der Waals surface area contributed by atoms with Crippen LogP contribution in [-0.4, -0.2) is 23.5 Å². The molecule has 27 heavy (non-hydrogen) atoms. The molecule has 1 heterocycles. The number of hydrogen-bond acceptors (Lipinski definition) is 4. The van der Waals surface area contributed by atoms with E-state index >= 15 is 0 Å². The van der Waals surface area contributed by atoms with Crippen LogP contribution < -0.4 is 5.32 Å². The molecule has 1 amide bonds. The van der Waals surface area contributed by atoms with E-state index in [1.807, 2.05) is 49.4 Å². The van der Waals surface area contributed by atoms with Gasteiger partial charge in [-0.15, -0.1) is 0 Å². The van der Waals surface area contributed by atoms with Gasteiger partial charge in [0.15, 0.2) is 6.61 Å². The van der Waals surface area contributed by atoms with E-state index < -0.39 is 5.97 Å². The molecule has 0 bridgehead atoms. The highest BCUT2D eigenvalue weighted by atomic mass is 35.5. The van der Waals surface area contributed by atoms with Gasteiger partial charge in [-0.2, -0.15) is 0 Å². The summed E-state index contributed by atoms with van der Waals surface area (Å²) in [5, 5.41) is 4.38. The van der Waals surface area contributed by atoms with Gasteiger partial charge in [-0.25, -0.2) is 0 Å². The maximum Gasteiger partial charge on any atom is 0.310 e. The van der Waals surface area contributed by atoms with Crippen LogP contribution in [-0.2, 0) is 20.7 Å². The smallest absolute Gasteiger partial charge is 0.310 e. The number of rotatable bonds is 6. The van der Waals surface area contributed by atoms with Crippen molar-refractivity contribution in [2.45, 2.75) is 19.4 Å². The summed E-state index contributed by atoms with van der Waals surface area (Å²) in [6.07, 6.45) is 1.75. The maximum atomic E-state index is 12.1. The SMILES string of the molecule is CC(NC(=O)COC(=O)Cc1cccc2cccnc12)c1ccc(Cl)cc1. The third-order valence-electron chi connectivity index (χ3n) is 4.16. The van der Waals surface area contributed by atoms with Crippen LogP contribution in [0.3, 0.4) is 0 Å². The van der Waals surface area contributed by atoms with Gasteiger partial charge in [-0.1, -0.05) is 48.0 Å². The van der Waals surface area contributed by atoms with Crippen LogP contribution >= 0.6 is 11.6 Å². The topological polar surface area (TPSA) is 68.3 Å². The van der Waals surface area contributed by atoms with Gasteiger partial charge in [-0.05, 0) is 36.2 Å². The Morgan fingerprint density at radius 2 is 1.85 bits per heavy atom. The summed E-state index contributed by atoms with van der Waals surface area (Å²) in [4.78, 5) is 28.5. The van der Waals surface area contributed by atoms with Crippen molar-refractivity contribution in [1.82, 2.24) is 10.3 Å². The van der Waals surface area contributed by atoms with E-state index in [9.17, 15) is 9.59 Å². The third-order valence-corrected chi connectivity index (χ3v) is 4.41. The van der Waals surface area contributed by atoms with Gasteiger partial charge in [0.1, 0.15) is 0 Å². The molecule has 5 nitrogen and oxygen atoms in total. The van der Waals surface area contributed by atoms with E-state index in [1.54, 1.807) is 18.3 Å². The average molecular weight is 383 g/mol. The zero-order valence-corrected chi connectivity index (χ0v) is 15.6. The normalized spacial score (nSPS) is 11.8. The number of ether oxygens (including phenoxy) is 1. The number of esters is 1. The summed E-state index contributed by atoms with van der Waals surface area (Å²) in [6.45, 7) is 1.53. The highest BCUT2D eigenvalue weighted by molar-refractivity contribution is 6.30. The Morgan fingerprint density at radius 3 is 2.63 bits per heavy atom. The molecule has 0 saturated heterocycles. The predicted octanol–water partition coefficient (Wildman–Crippen LogP) is 3.85. The second kappa shape index (κ2) is 8.64. The molecule has 0 spiro atoms. The van der Waals surface area contributed by atoms with E-state index in [0.29, 0.717) is 5.02 Å². The number of amides is 1. The molecule has 3 rings (SSSR count). The quantitative estimate of drug-likeness (QED) is 0.657. The second-order valence-electron chi connectivity index (χ2n) is 6.17. The summed E-state index contributed by atoms with van der Waals surface area (Å²) in [7, 11) is 0. The van der Waals surface area contributed by atoms with Crippen molar-refractivity contribution in [2.24, 2.45) is 0 Å². The molecular weight excluding hydrogens is 364 g/mol. The molecule has 3 aromatic rings. The van der Waals surface area contributed by atoms with Crippen molar-refractivity contribution in [3.63, 3.8) is 0 Å². The van der Waals surface area contributed by atoms with E-state index in [2.05, 4.69) is 10.3 Å². The first-order valence-corrected chi connectivity index (χ1v) is 8.94. The number of para-hydroxylation sites is 1. The number of halogens is 1. The van der Waals surface area contributed by atoms with Crippen LogP contribution in [0.4, 0.5) is 0 Å². The zero-order valence-electron chi connectivity index (χ0n) is 14.8. The summed E-state index contributed by atoms with van der Waals surface area (Å²) in [5.74, 6) is -0.829. The number of pyridine rings is 1. The molecule has 0 aliphatic rings. The first-order valence-electron chi connectivity index (χ1n) is 8.56. The van der Waals surface area contributed by atoms with Gasteiger partial charge < -0.3 is 10.1 Å². The van der Waals surface area contributed by atoms with Gasteiger partial charge in [-0.3, -0.25) is 14.6 Å². The van der Waals surface area contributed by atoms with E-state index in [0.717, 1.165) is 22.0 Å². The van der Waals surface area contributed by atoms with Crippen molar-refractivity contribution >= 4 is 34.4 Å². The highest BCUT2D eigenvalue weighted by Gasteiger charge is 2.13. The van der Waals surface area contributed by atoms with Gasteiger partial charge in [0.25, 0.3) is 5.91 Å². The fourth-order valence-electron chi connectivity index (χ4n) is 2.78. The van der Waals surface area contributed by atoms with Crippen molar-refractivity contribution in [3.05, 3.63) is 76.9 Å². The summed E-state index contributed by atoms with van der Waals surface area (Å²) in [5.41, 5.74) is 2.45. The highest BCUT2D eigenvalue weighted by Crippen LogP contribution is 2.17. The number of nitrogens with one attached hydrogen (secondary N) is 1. The van der Waals surface area contributed by atoms with E-state index in [-0.39, 0.29) is 25.0 Å². The van der Waals surface area contributed by atoms with Gasteiger partial charge in [0.05, 0.1) is 18.0 Å². The van der Waals surface area contributed by atoms with Crippen molar-refractivity contribution in [1.29, 1.82) is 0 Å². The Bertz CT molecular complexity index is 952. The molecule has 6 heteroatoms. The molecule has 0 aliphatic heterocycles. The number of benzene rings is 2. The number of carbonyl (C=O) groups is 2. The molecular formula is C21H19ClN2O3. The average Bonchev–Trinajstić information content (AvgIpc) is 2.67. The fourth-order valence-corrected chi connectivity index (χ4v) is 2.91. The number of fused-ring (bicyclic) bond motifs is 1. The first-order chi connectivity index (χ1) is 13.0. The molecule has 0 saturated carbocycles. The van der Waals surface area contributed by atoms with Crippen LogP contribution in [0.15, 0.2) is 60.8 Å². The molecule has 138 valence electrons. The first kappa shape index (κ1) is 18.9. The number of aromatic nitrogens is 1. The van der Waals surface area contributed by atoms with E-state index in [4.69, 9.17) is 16.3 Å². The Balaban J connectivity index is 1.52. The summed E-state index contributed by atoms with van der Waals surface area (Å²) < 4.78 is 5.11. The zero-order chi connectivity index (χ0) is 19.2. The maximum absolute atomic E-state index is 12.1. The largest absolute Gasteiger partial charge is 0.455 e. The van der Waals surface area contributed by atoms with Crippen LogP contribution in [0.1, 0.15) is 24.1 Å². The molecule has 1 N–H and O–H groups in total. The minimum Gasteiger partial charge on any atom is -0.455 e. The van der Waals surface area contributed by atoms with Crippen LogP contribution in [0, 0.1) is 0 Å². The molecule has 0 fully saturated rings. The Morgan fingerprint density at radius 1 is 1.11 bits per heavy atom. The third kappa shape index (κ3) is 5.05.